The van der Waals surface area contributed by atoms with Crippen molar-refractivity contribution in [3.05, 3.63) is 58.6 Å². The average molecular weight is 393 g/mol. The molecule has 2 N–H and O–H groups in total. The van der Waals surface area contributed by atoms with E-state index < -0.39 is 10.0 Å². The minimum Gasteiger partial charge on any atom is -0.326 e. The summed E-state index contributed by atoms with van der Waals surface area (Å²) in [5.41, 5.74) is 2.56. The number of hydrogen-bond acceptors (Lipinski definition) is 3. The van der Waals surface area contributed by atoms with Crippen LogP contribution in [0.1, 0.15) is 30.4 Å². The van der Waals surface area contributed by atoms with E-state index in [1.165, 1.54) is 0 Å². The van der Waals surface area contributed by atoms with Crippen molar-refractivity contribution in [1.82, 2.24) is 4.72 Å². The van der Waals surface area contributed by atoms with Crippen LogP contribution in [-0.4, -0.2) is 20.4 Å². The molecule has 1 fully saturated rings. The van der Waals surface area contributed by atoms with E-state index in [1.54, 1.807) is 36.4 Å². The summed E-state index contributed by atoms with van der Waals surface area (Å²) in [5, 5.41) is 3.43. The Morgan fingerprint density at radius 2 is 1.85 bits per heavy atom. The zero-order valence-electron chi connectivity index (χ0n) is 14.5. The van der Waals surface area contributed by atoms with E-state index >= 15 is 0 Å². The lowest BCUT2D eigenvalue weighted by Gasteiger charge is -2.09. The lowest BCUT2D eigenvalue weighted by molar-refractivity contribution is -0.116. The van der Waals surface area contributed by atoms with Crippen molar-refractivity contribution in [2.45, 2.75) is 43.5 Å². The van der Waals surface area contributed by atoms with Gasteiger partial charge in [0.2, 0.25) is 15.9 Å². The van der Waals surface area contributed by atoms with Crippen LogP contribution >= 0.6 is 11.6 Å². The number of amides is 1. The predicted molar refractivity (Wildman–Crippen MR) is 103 cm³/mol. The fourth-order valence-corrected chi connectivity index (χ4v) is 4.00. The summed E-state index contributed by atoms with van der Waals surface area (Å²) in [6.07, 6.45) is 2.64. The minimum atomic E-state index is -3.44. The lowest BCUT2D eigenvalue weighted by Crippen LogP contribution is -2.25. The van der Waals surface area contributed by atoms with E-state index in [9.17, 15) is 13.2 Å². The van der Waals surface area contributed by atoms with E-state index in [0.717, 1.165) is 24.0 Å². The van der Waals surface area contributed by atoms with Gasteiger partial charge >= 0.3 is 0 Å². The third kappa shape index (κ3) is 5.06. The highest BCUT2D eigenvalue weighted by atomic mass is 35.5. The van der Waals surface area contributed by atoms with E-state index in [4.69, 9.17) is 11.6 Å². The molecule has 1 aliphatic rings. The van der Waals surface area contributed by atoms with Crippen LogP contribution in [0.15, 0.2) is 47.4 Å². The van der Waals surface area contributed by atoms with Gasteiger partial charge in [0.05, 0.1) is 4.90 Å². The topological polar surface area (TPSA) is 75.3 Å². The molecule has 3 rings (SSSR count). The van der Waals surface area contributed by atoms with Crippen LogP contribution in [-0.2, 0) is 21.2 Å². The molecule has 0 atom stereocenters. The molecule has 2 aromatic rings. The Labute approximate surface area is 158 Å². The summed E-state index contributed by atoms with van der Waals surface area (Å²) in [5.74, 6) is -0.109. The van der Waals surface area contributed by atoms with Crippen molar-refractivity contribution in [2.24, 2.45) is 0 Å². The first-order chi connectivity index (χ1) is 12.3. The zero-order chi connectivity index (χ0) is 18.7. The van der Waals surface area contributed by atoms with E-state index in [1.807, 2.05) is 13.0 Å². The fourth-order valence-electron chi connectivity index (χ4n) is 2.52. The number of sulfonamides is 1. The van der Waals surface area contributed by atoms with Crippen molar-refractivity contribution >= 4 is 33.2 Å². The number of carbonyl (C=O) groups is 1. The second kappa shape index (κ2) is 7.78. The van der Waals surface area contributed by atoms with Gasteiger partial charge in [-0.25, -0.2) is 13.1 Å². The van der Waals surface area contributed by atoms with Crippen molar-refractivity contribution in [3.8, 4) is 0 Å². The van der Waals surface area contributed by atoms with Gasteiger partial charge in [0, 0.05) is 23.2 Å². The van der Waals surface area contributed by atoms with Crippen LogP contribution in [0.25, 0.3) is 0 Å². The number of aryl methyl sites for hydroxylation is 2. The second-order valence-corrected chi connectivity index (χ2v) is 8.70. The number of nitrogens with one attached hydrogen (secondary N) is 2. The lowest BCUT2D eigenvalue weighted by atomic mass is 10.1. The molecule has 1 saturated carbocycles. The molecular formula is C19H21ClN2O3S. The largest absolute Gasteiger partial charge is 0.326 e. The first-order valence-corrected chi connectivity index (χ1v) is 10.4. The molecule has 1 amide bonds. The summed E-state index contributed by atoms with van der Waals surface area (Å²) in [6, 6.07) is 12.1. The molecule has 0 radical (unpaired) electrons. The van der Waals surface area contributed by atoms with Crippen molar-refractivity contribution in [2.75, 3.05) is 5.32 Å². The quantitative estimate of drug-likeness (QED) is 0.755. The van der Waals surface area contributed by atoms with Crippen molar-refractivity contribution in [3.63, 3.8) is 0 Å². The van der Waals surface area contributed by atoms with Crippen LogP contribution in [0, 0.1) is 6.92 Å². The molecule has 0 spiro atoms. The van der Waals surface area contributed by atoms with Crippen LogP contribution in [0.2, 0.25) is 5.02 Å². The standard InChI is InChI=1S/C19H21ClN2O3S/c1-13-2-6-15(20)12-18(13)21-19(23)11-5-14-3-9-17(10-4-14)26(24,25)22-16-7-8-16/h2-4,6,9-10,12,16,22H,5,7-8,11H2,1H3,(H,21,23). The van der Waals surface area contributed by atoms with Crippen LogP contribution in [0.3, 0.4) is 0 Å². The first-order valence-electron chi connectivity index (χ1n) is 8.51. The van der Waals surface area contributed by atoms with E-state index in [-0.39, 0.29) is 16.8 Å². The Balaban J connectivity index is 1.56. The van der Waals surface area contributed by atoms with Crippen LogP contribution in [0.4, 0.5) is 5.69 Å². The smallest absolute Gasteiger partial charge is 0.240 e. The molecule has 0 bridgehead atoms. The highest BCUT2D eigenvalue weighted by Gasteiger charge is 2.27. The SMILES string of the molecule is Cc1ccc(Cl)cc1NC(=O)CCc1ccc(S(=O)(=O)NC2CC2)cc1. The molecule has 0 unspecified atom stereocenters. The van der Waals surface area contributed by atoms with Crippen molar-refractivity contribution < 1.29 is 13.2 Å². The third-order valence-electron chi connectivity index (χ3n) is 4.25. The molecule has 1 aliphatic carbocycles. The maximum absolute atomic E-state index is 12.1. The Morgan fingerprint density at radius 1 is 1.15 bits per heavy atom. The fraction of sp³-hybridized carbons (Fsp3) is 0.316. The van der Waals surface area contributed by atoms with Gasteiger partial charge in [0.25, 0.3) is 0 Å². The first kappa shape index (κ1) is 18.9. The van der Waals surface area contributed by atoms with Gasteiger partial charge in [0.1, 0.15) is 0 Å². The van der Waals surface area contributed by atoms with Gasteiger partial charge in [-0.15, -0.1) is 0 Å². The number of rotatable bonds is 7. The number of benzene rings is 2. The van der Waals surface area contributed by atoms with E-state index in [2.05, 4.69) is 10.0 Å². The molecular weight excluding hydrogens is 372 g/mol. The minimum absolute atomic E-state index is 0.0818. The normalized spacial score (nSPS) is 14.2. The molecule has 0 aromatic heterocycles. The Bertz CT molecular complexity index is 907. The number of halogens is 1. The van der Waals surface area contributed by atoms with Gasteiger partial charge in [-0.05, 0) is 61.6 Å². The van der Waals surface area contributed by atoms with Crippen LogP contribution in [0.5, 0.6) is 0 Å². The molecule has 2 aromatic carbocycles. The summed E-state index contributed by atoms with van der Waals surface area (Å²) in [7, 11) is -3.44. The molecule has 0 saturated heterocycles. The van der Waals surface area contributed by atoms with Gasteiger partial charge in [-0.2, -0.15) is 0 Å². The molecule has 138 valence electrons. The highest BCUT2D eigenvalue weighted by Crippen LogP contribution is 2.23. The number of carbonyl (C=O) groups excluding carboxylic acids is 1. The van der Waals surface area contributed by atoms with E-state index in [0.29, 0.717) is 23.6 Å². The Hall–Kier alpha value is -1.89. The van der Waals surface area contributed by atoms with Gasteiger partial charge < -0.3 is 5.32 Å². The molecule has 0 heterocycles. The third-order valence-corrected chi connectivity index (χ3v) is 6.02. The average Bonchev–Trinajstić information content (AvgIpc) is 3.40. The molecule has 0 aliphatic heterocycles. The monoisotopic (exact) mass is 392 g/mol. The van der Waals surface area contributed by atoms with Gasteiger partial charge in [0.15, 0.2) is 0 Å². The second-order valence-electron chi connectivity index (χ2n) is 6.55. The Kier molecular flexibility index (Phi) is 5.65. The summed E-state index contributed by atoms with van der Waals surface area (Å²) < 4.78 is 26.9. The summed E-state index contributed by atoms with van der Waals surface area (Å²) in [4.78, 5) is 12.4. The zero-order valence-corrected chi connectivity index (χ0v) is 16.0. The molecule has 26 heavy (non-hydrogen) atoms. The Morgan fingerprint density at radius 3 is 2.50 bits per heavy atom. The van der Waals surface area contributed by atoms with Crippen LogP contribution < -0.4 is 10.0 Å². The summed E-state index contributed by atoms with van der Waals surface area (Å²) in [6.45, 7) is 1.90. The molecule has 7 heteroatoms. The summed E-state index contributed by atoms with van der Waals surface area (Å²) >= 11 is 5.95. The maximum atomic E-state index is 12.1. The predicted octanol–water partition coefficient (Wildman–Crippen LogP) is 3.66. The highest BCUT2D eigenvalue weighted by molar-refractivity contribution is 7.89. The van der Waals surface area contributed by atoms with Gasteiger partial charge in [-0.3, -0.25) is 4.79 Å². The van der Waals surface area contributed by atoms with Crippen molar-refractivity contribution in [1.29, 1.82) is 0 Å². The number of anilines is 1. The maximum Gasteiger partial charge on any atom is 0.240 e. The van der Waals surface area contributed by atoms with Gasteiger partial charge in [-0.1, -0.05) is 29.8 Å². The molecule has 5 nitrogen and oxygen atoms in total. The number of hydrogen-bond donors (Lipinski definition) is 2.